The number of amides is 2. The third-order valence-electron chi connectivity index (χ3n) is 5.48. The molecule has 2 amide bonds. The Morgan fingerprint density at radius 1 is 1.25 bits per heavy atom. The predicted molar refractivity (Wildman–Crippen MR) is 104 cm³/mol. The van der Waals surface area contributed by atoms with Crippen molar-refractivity contribution in [2.45, 2.75) is 44.0 Å². The third kappa shape index (κ3) is 3.92. The third-order valence-corrected chi connectivity index (χ3v) is 7.37. The van der Waals surface area contributed by atoms with Crippen LogP contribution in [0.5, 0.6) is 0 Å². The van der Waals surface area contributed by atoms with E-state index in [0.717, 1.165) is 11.3 Å². The Morgan fingerprint density at radius 2 is 1.93 bits per heavy atom. The second-order valence-corrected chi connectivity index (χ2v) is 9.36. The van der Waals surface area contributed by atoms with Crippen LogP contribution in [0.1, 0.15) is 32.3 Å². The van der Waals surface area contributed by atoms with Crippen LogP contribution in [0.15, 0.2) is 23.1 Å². The summed E-state index contributed by atoms with van der Waals surface area (Å²) in [7, 11) is -3.65. The molecule has 3 rings (SSSR count). The first kappa shape index (κ1) is 20.8. The molecule has 1 aromatic rings. The van der Waals surface area contributed by atoms with Crippen LogP contribution in [0, 0.1) is 5.92 Å². The van der Waals surface area contributed by atoms with Gasteiger partial charge in [-0.15, -0.1) is 0 Å². The van der Waals surface area contributed by atoms with Crippen LogP contribution < -0.4 is 10.2 Å². The Morgan fingerprint density at radius 3 is 2.54 bits per heavy atom. The summed E-state index contributed by atoms with van der Waals surface area (Å²) >= 11 is 0. The average Bonchev–Trinajstić information content (AvgIpc) is 3.01. The number of piperidine rings is 1. The summed E-state index contributed by atoms with van der Waals surface area (Å²) in [5.74, 6) is -0.423. The molecule has 0 saturated carbocycles. The molecule has 28 heavy (non-hydrogen) atoms. The molecule has 2 N–H and O–H groups in total. The topological polar surface area (TPSA) is 107 Å². The summed E-state index contributed by atoms with van der Waals surface area (Å²) < 4.78 is 27.5. The van der Waals surface area contributed by atoms with E-state index in [2.05, 4.69) is 5.32 Å². The maximum Gasteiger partial charge on any atom is 0.243 e. The average molecular weight is 410 g/mol. The Bertz CT molecular complexity index is 862. The van der Waals surface area contributed by atoms with Gasteiger partial charge in [0, 0.05) is 44.2 Å². The molecule has 0 aliphatic carbocycles. The molecule has 0 unspecified atom stereocenters. The molecule has 154 valence electrons. The van der Waals surface area contributed by atoms with Crippen molar-refractivity contribution in [3.8, 4) is 0 Å². The normalized spacial score (nSPS) is 20.8. The van der Waals surface area contributed by atoms with E-state index in [1.54, 1.807) is 23.1 Å². The lowest BCUT2D eigenvalue weighted by Gasteiger charge is -2.30. The maximum atomic E-state index is 13.0. The van der Waals surface area contributed by atoms with Crippen molar-refractivity contribution >= 4 is 27.5 Å². The Labute approximate surface area is 165 Å². The van der Waals surface area contributed by atoms with Crippen LogP contribution in [0.2, 0.25) is 0 Å². The van der Waals surface area contributed by atoms with Crippen molar-refractivity contribution in [2.75, 3.05) is 31.1 Å². The van der Waals surface area contributed by atoms with Gasteiger partial charge in [-0.3, -0.25) is 9.59 Å². The van der Waals surface area contributed by atoms with Gasteiger partial charge in [0.2, 0.25) is 21.8 Å². The minimum atomic E-state index is -3.65. The number of nitrogens with one attached hydrogen (secondary N) is 1. The Kier molecular flexibility index (Phi) is 6.07. The van der Waals surface area contributed by atoms with Crippen molar-refractivity contribution in [1.29, 1.82) is 0 Å². The number of benzene rings is 1. The molecule has 1 aromatic carbocycles. The van der Waals surface area contributed by atoms with Gasteiger partial charge in [-0.1, -0.05) is 0 Å². The minimum absolute atomic E-state index is 0.0126. The predicted octanol–water partition coefficient (Wildman–Crippen LogP) is 0.493. The quantitative estimate of drug-likeness (QED) is 0.736. The molecule has 0 bridgehead atoms. The highest BCUT2D eigenvalue weighted by molar-refractivity contribution is 7.89. The Hall–Kier alpha value is -1.97. The highest BCUT2D eigenvalue weighted by Crippen LogP contribution is 2.35. The number of anilines is 1. The maximum absolute atomic E-state index is 13.0. The first-order valence-corrected chi connectivity index (χ1v) is 11.0. The van der Waals surface area contributed by atoms with E-state index < -0.39 is 10.0 Å². The standard InChI is InChI=1S/C19H27N3O5S/c1-13-11-16-12-17(3-4-18(16)22(13)14(2)24)28(26,27)21-8-5-15(6-9-21)19(25)20-7-10-23/h3-4,12-13,15,23H,5-11H2,1-2H3,(H,20,25)/t13-/m1/s1. The van der Waals surface area contributed by atoms with Crippen LogP contribution >= 0.6 is 0 Å². The number of carbonyl (C=O) groups excluding carboxylic acids is 2. The second kappa shape index (κ2) is 8.18. The van der Waals surface area contributed by atoms with E-state index >= 15 is 0 Å². The summed E-state index contributed by atoms with van der Waals surface area (Å²) in [5.41, 5.74) is 1.64. The molecular weight excluding hydrogens is 382 g/mol. The molecule has 0 radical (unpaired) electrons. The van der Waals surface area contributed by atoms with Crippen molar-refractivity contribution < 1.29 is 23.1 Å². The molecular formula is C19H27N3O5S. The van der Waals surface area contributed by atoms with Gasteiger partial charge in [-0.25, -0.2) is 8.42 Å². The van der Waals surface area contributed by atoms with E-state index in [4.69, 9.17) is 5.11 Å². The number of rotatable bonds is 5. The van der Waals surface area contributed by atoms with Gasteiger partial charge < -0.3 is 15.3 Å². The number of carbonyl (C=O) groups is 2. The lowest BCUT2D eigenvalue weighted by Crippen LogP contribution is -2.43. The van der Waals surface area contributed by atoms with Gasteiger partial charge in [0.15, 0.2) is 0 Å². The summed E-state index contributed by atoms with van der Waals surface area (Å²) in [6.07, 6.45) is 1.54. The number of hydrogen-bond donors (Lipinski definition) is 2. The van der Waals surface area contributed by atoms with E-state index in [0.29, 0.717) is 19.3 Å². The highest BCUT2D eigenvalue weighted by atomic mass is 32.2. The van der Waals surface area contributed by atoms with Crippen LogP contribution in [0.4, 0.5) is 5.69 Å². The van der Waals surface area contributed by atoms with Crippen LogP contribution in [0.25, 0.3) is 0 Å². The summed E-state index contributed by atoms with van der Waals surface area (Å²) in [6.45, 7) is 4.12. The Balaban J connectivity index is 1.72. The van der Waals surface area contributed by atoms with E-state index in [1.165, 1.54) is 11.2 Å². The van der Waals surface area contributed by atoms with Crippen LogP contribution in [-0.2, 0) is 26.0 Å². The molecule has 1 fully saturated rings. The van der Waals surface area contributed by atoms with Crippen LogP contribution in [-0.4, -0.2) is 61.9 Å². The molecule has 9 heteroatoms. The number of aliphatic hydroxyl groups excluding tert-OH is 1. The minimum Gasteiger partial charge on any atom is -0.395 e. The molecule has 8 nitrogen and oxygen atoms in total. The van der Waals surface area contributed by atoms with Crippen LogP contribution in [0.3, 0.4) is 0 Å². The van der Waals surface area contributed by atoms with Crippen molar-refractivity contribution in [2.24, 2.45) is 5.92 Å². The molecule has 0 aromatic heterocycles. The molecule has 2 heterocycles. The SMILES string of the molecule is CC(=O)N1c2ccc(S(=O)(=O)N3CCC(C(=O)NCCO)CC3)cc2C[C@H]1C. The van der Waals surface area contributed by atoms with Gasteiger partial charge in [0.1, 0.15) is 0 Å². The molecule has 1 atom stereocenters. The van der Waals surface area contributed by atoms with Gasteiger partial charge >= 0.3 is 0 Å². The van der Waals surface area contributed by atoms with Crippen molar-refractivity contribution in [3.63, 3.8) is 0 Å². The first-order valence-electron chi connectivity index (χ1n) is 9.57. The fraction of sp³-hybridized carbons (Fsp3) is 0.579. The summed E-state index contributed by atoms with van der Waals surface area (Å²) in [4.78, 5) is 25.8. The van der Waals surface area contributed by atoms with Gasteiger partial charge in [-0.2, -0.15) is 4.31 Å². The monoisotopic (exact) mass is 409 g/mol. The van der Waals surface area contributed by atoms with Gasteiger partial charge in [-0.05, 0) is 49.9 Å². The molecule has 1 saturated heterocycles. The molecule has 2 aliphatic rings. The van der Waals surface area contributed by atoms with Crippen molar-refractivity contribution in [3.05, 3.63) is 23.8 Å². The molecule has 0 spiro atoms. The first-order chi connectivity index (χ1) is 13.3. The zero-order chi connectivity index (χ0) is 20.5. The smallest absolute Gasteiger partial charge is 0.243 e. The zero-order valence-corrected chi connectivity index (χ0v) is 17.0. The van der Waals surface area contributed by atoms with E-state index in [-0.39, 0.29) is 54.9 Å². The second-order valence-electron chi connectivity index (χ2n) is 7.43. The summed E-state index contributed by atoms with van der Waals surface area (Å²) in [5, 5.41) is 11.4. The number of fused-ring (bicyclic) bond motifs is 1. The highest BCUT2D eigenvalue weighted by Gasteiger charge is 2.34. The van der Waals surface area contributed by atoms with E-state index in [1.807, 2.05) is 6.92 Å². The largest absolute Gasteiger partial charge is 0.395 e. The fourth-order valence-corrected chi connectivity index (χ4v) is 5.60. The van der Waals surface area contributed by atoms with Crippen molar-refractivity contribution in [1.82, 2.24) is 9.62 Å². The number of aliphatic hydroxyl groups is 1. The summed E-state index contributed by atoms with van der Waals surface area (Å²) in [6, 6.07) is 4.95. The zero-order valence-electron chi connectivity index (χ0n) is 16.2. The van der Waals surface area contributed by atoms with E-state index in [9.17, 15) is 18.0 Å². The van der Waals surface area contributed by atoms with Gasteiger partial charge in [0.25, 0.3) is 0 Å². The number of hydrogen-bond acceptors (Lipinski definition) is 5. The molecule has 2 aliphatic heterocycles. The number of sulfonamides is 1. The number of nitrogens with zero attached hydrogens (tertiary/aromatic N) is 2. The fourth-order valence-electron chi connectivity index (χ4n) is 4.08. The van der Waals surface area contributed by atoms with Gasteiger partial charge in [0.05, 0.1) is 11.5 Å². The lowest BCUT2D eigenvalue weighted by atomic mass is 9.97. The lowest BCUT2D eigenvalue weighted by molar-refractivity contribution is -0.126.